The molecule has 0 aliphatic carbocycles. The molecule has 7 heteroatoms. The molecule has 1 aliphatic rings. The van der Waals surface area contributed by atoms with Gasteiger partial charge in [0, 0.05) is 63.9 Å². The Morgan fingerprint density at radius 3 is 2.74 bits per heavy atom. The van der Waals surface area contributed by atoms with Crippen molar-refractivity contribution in [1.82, 2.24) is 29.4 Å². The van der Waals surface area contributed by atoms with Crippen LogP contribution in [0.15, 0.2) is 55.1 Å². The van der Waals surface area contributed by atoms with Crippen LogP contribution in [0.4, 0.5) is 0 Å². The first kappa shape index (κ1) is 17.5. The zero-order valence-corrected chi connectivity index (χ0v) is 15.5. The molecule has 2 aromatic heterocycles. The van der Waals surface area contributed by atoms with E-state index in [1.165, 1.54) is 5.56 Å². The smallest absolute Gasteiger partial charge is 0.256 e. The zero-order valence-electron chi connectivity index (χ0n) is 15.5. The van der Waals surface area contributed by atoms with Gasteiger partial charge in [0.25, 0.3) is 5.91 Å². The lowest BCUT2D eigenvalue weighted by Gasteiger charge is -2.22. The molecule has 0 radical (unpaired) electrons. The second-order valence-electron chi connectivity index (χ2n) is 6.91. The Balaban J connectivity index is 1.46. The topological polar surface area (TPSA) is 59.2 Å². The monoisotopic (exact) mass is 364 g/mol. The fraction of sp³-hybridized carbons (Fsp3) is 0.350. The van der Waals surface area contributed by atoms with Crippen LogP contribution in [0, 0.1) is 0 Å². The quantitative estimate of drug-likeness (QED) is 0.710. The number of nitrogens with zero attached hydrogens (tertiary/aromatic N) is 6. The van der Waals surface area contributed by atoms with E-state index in [1.807, 2.05) is 65.6 Å². The van der Waals surface area contributed by atoms with E-state index in [-0.39, 0.29) is 5.91 Å². The van der Waals surface area contributed by atoms with Gasteiger partial charge >= 0.3 is 0 Å². The maximum Gasteiger partial charge on any atom is 0.256 e. The zero-order chi connectivity index (χ0) is 18.6. The molecule has 0 atom stereocenters. The van der Waals surface area contributed by atoms with Gasteiger partial charge in [0.15, 0.2) is 0 Å². The minimum Gasteiger partial charge on any atom is -0.337 e. The predicted octanol–water partition coefficient (Wildman–Crippen LogP) is 1.95. The molecular formula is C20H24N6O. The number of para-hydroxylation sites is 1. The number of aromatic nitrogens is 4. The lowest BCUT2D eigenvalue weighted by atomic mass is 10.1. The van der Waals surface area contributed by atoms with Gasteiger partial charge in [-0.05, 0) is 24.6 Å². The highest BCUT2D eigenvalue weighted by Gasteiger charge is 2.23. The highest BCUT2D eigenvalue weighted by atomic mass is 16.2. The maximum absolute atomic E-state index is 13.2. The van der Waals surface area contributed by atoms with Gasteiger partial charge in [0.05, 0.1) is 17.4 Å². The SMILES string of the molecule is Cn1cc(CN2CCCN(C(=O)c3ccccc3-n3cccn3)CC2)cn1. The number of carbonyl (C=O) groups is 1. The van der Waals surface area contributed by atoms with Gasteiger partial charge in [0.1, 0.15) is 0 Å². The molecular weight excluding hydrogens is 340 g/mol. The molecule has 4 rings (SSSR count). The average Bonchev–Trinajstić information content (AvgIpc) is 3.30. The molecule has 1 fully saturated rings. The third-order valence-electron chi connectivity index (χ3n) is 4.93. The van der Waals surface area contributed by atoms with Crippen LogP contribution in [0.2, 0.25) is 0 Å². The van der Waals surface area contributed by atoms with Crippen LogP contribution in [-0.4, -0.2) is 61.4 Å². The van der Waals surface area contributed by atoms with E-state index < -0.39 is 0 Å². The number of hydrogen-bond acceptors (Lipinski definition) is 4. The Kier molecular flexibility index (Phi) is 5.02. The summed E-state index contributed by atoms with van der Waals surface area (Å²) in [6.07, 6.45) is 8.52. The standard InChI is InChI=1S/C20H24N6O/c1-23-15-17(14-22-23)16-24-9-5-10-25(13-12-24)20(27)18-6-2-3-7-19(18)26-11-4-8-21-26/h2-4,6-8,11,14-15H,5,9-10,12-13,16H2,1H3. The van der Waals surface area contributed by atoms with Crippen molar-refractivity contribution in [3.05, 3.63) is 66.2 Å². The molecule has 0 bridgehead atoms. The van der Waals surface area contributed by atoms with Crippen LogP contribution in [-0.2, 0) is 13.6 Å². The molecule has 140 valence electrons. The van der Waals surface area contributed by atoms with E-state index in [1.54, 1.807) is 10.9 Å². The number of rotatable bonds is 4. The van der Waals surface area contributed by atoms with Crippen molar-refractivity contribution in [2.75, 3.05) is 26.2 Å². The van der Waals surface area contributed by atoms with Crippen molar-refractivity contribution in [2.45, 2.75) is 13.0 Å². The lowest BCUT2D eigenvalue weighted by Crippen LogP contribution is -2.35. The molecule has 0 saturated carbocycles. The van der Waals surface area contributed by atoms with Crippen LogP contribution in [0.25, 0.3) is 5.69 Å². The first-order chi connectivity index (χ1) is 13.2. The number of amides is 1. The van der Waals surface area contributed by atoms with Gasteiger partial charge in [-0.1, -0.05) is 12.1 Å². The van der Waals surface area contributed by atoms with Crippen molar-refractivity contribution in [3.63, 3.8) is 0 Å². The first-order valence-corrected chi connectivity index (χ1v) is 9.29. The van der Waals surface area contributed by atoms with E-state index in [9.17, 15) is 4.79 Å². The average molecular weight is 364 g/mol. The fourth-order valence-electron chi connectivity index (χ4n) is 3.58. The molecule has 3 heterocycles. The number of hydrogen-bond donors (Lipinski definition) is 0. The van der Waals surface area contributed by atoms with Crippen molar-refractivity contribution in [3.8, 4) is 5.69 Å². The summed E-state index contributed by atoms with van der Waals surface area (Å²) in [6, 6.07) is 9.53. The molecule has 0 spiro atoms. The summed E-state index contributed by atoms with van der Waals surface area (Å²) >= 11 is 0. The van der Waals surface area contributed by atoms with Crippen molar-refractivity contribution >= 4 is 5.91 Å². The van der Waals surface area contributed by atoms with E-state index in [2.05, 4.69) is 15.1 Å². The lowest BCUT2D eigenvalue weighted by molar-refractivity contribution is 0.0761. The minimum atomic E-state index is 0.0735. The highest BCUT2D eigenvalue weighted by molar-refractivity contribution is 5.97. The Morgan fingerprint density at radius 2 is 1.96 bits per heavy atom. The van der Waals surface area contributed by atoms with Crippen molar-refractivity contribution in [2.24, 2.45) is 7.05 Å². The third-order valence-corrected chi connectivity index (χ3v) is 4.93. The third kappa shape index (κ3) is 3.93. The van der Waals surface area contributed by atoms with Crippen LogP contribution in [0.1, 0.15) is 22.3 Å². The molecule has 0 unspecified atom stereocenters. The Bertz CT molecular complexity index is 901. The molecule has 27 heavy (non-hydrogen) atoms. The maximum atomic E-state index is 13.2. The fourth-order valence-corrected chi connectivity index (χ4v) is 3.58. The summed E-state index contributed by atoms with van der Waals surface area (Å²) < 4.78 is 3.58. The molecule has 1 saturated heterocycles. The number of aryl methyl sites for hydroxylation is 1. The first-order valence-electron chi connectivity index (χ1n) is 9.29. The molecule has 1 aromatic carbocycles. The second-order valence-corrected chi connectivity index (χ2v) is 6.91. The highest BCUT2D eigenvalue weighted by Crippen LogP contribution is 2.17. The summed E-state index contributed by atoms with van der Waals surface area (Å²) in [5.41, 5.74) is 2.73. The van der Waals surface area contributed by atoms with E-state index >= 15 is 0 Å². The Morgan fingerprint density at radius 1 is 1.07 bits per heavy atom. The molecule has 7 nitrogen and oxygen atoms in total. The summed E-state index contributed by atoms with van der Waals surface area (Å²) in [4.78, 5) is 17.5. The molecule has 1 amide bonds. The van der Waals surface area contributed by atoms with Gasteiger partial charge in [0.2, 0.25) is 0 Å². The number of carbonyl (C=O) groups excluding carboxylic acids is 1. The summed E-state index contributed by atoms with van der Waals surface area (Å²) in [6.45, 7) is 4.23. The van der Waals surface area contributed by atoms with Gasteiger partial charge in [-0.3, -0.25) is 14.4 Å². The summed E-state index contributed by atoms with van der Waals surface area (Å²) in [5.74, 6) is 0.0735. The normalized spacial score (nSPS) is 15.7. The van der Waals surface area contributed by atoms with Crippen molar-refractivity contribution in [1.29, 1.82) is 0 Å². The second kappa shape index (κ2) is 7.75. The largest absolute Gasteiger partial charge is 0.337 e. The summed E-state index contributed by atoms with van der Waals surface area (Å²) in [5, 5.41) is 8.52. The van der Waals surface area contributed by atoms with Crippen LogP contribution in [0.3, 0.4) is 0 Å². The molecule has 3 aromatic rings. The predicted molar refractivity (Wildman–Crippen MR) is 103 cm³/mol. The Hall–Kier alpha value is -2.93. The van der Waals surface area contributed by atoms with E-state index in [4.69, 9.17) is 0 Å². The number of benzene rings is 1. The van der Waals surface area contributed by atoms with Gasteiger partial charge < -0.3 is 4.90 Å². The van der Waals surface area contributed by atoms with Crippen LogP contribution >= 0.6 is 0 Å². The summed E-state index contributed by atoms with van der Waals surface area (Å²) in [7, 11) is 1.93. The van der Waals surface area contributed by atoms with Crippen LogP contribution in [0.5, 0.6) is 0 Å². The van der Waals surface area contributed by atoms with Gasteiger partial charge in [-0.2, -0.15) is 10.2 Å². The minimum absolute atomic E-state index is 0.0735. The van der Waals surface area contributed by atoms with Crippen LogP contribution < -0.4 is 0 Å². The molecule has 1 aliphatic heterocycles. The Labute approximate surface area is 158 Å². The van der Waals surface area contributed by atoms with Gasteiger partial charge in [-0.25, -0.2) is 4.68 Å². The van der Waals surface area contributed by atoms with Gasteiger partial charge in [-0.15, -0.1) is 0 Å². The van der Waals surface area contributed by atoms with Crippen molar-refractivity contribution < 1.29 is 4.79 Å². The van der Waals surface area contributed by atoms with E-state index in [0.717, 1.165) is 44.8 Å². The molecule has 0 N–H and O–H groups in total. The van der Waals surface area contributed by atoms with E-state index in [0.29, 0.717) is 5.56 Å².